The van der Waals surface area contributed by atoms with E-state index in [0.717, 1.165) is 17.5 Å². The summed E-state index contributed by atoms with van der Waals surface area (Å²) in [5, 5.41) is 8.64. The van der Waals surface area contributed by atoms with Crippen molar-refractivity contribution < 1.29 is 10.0 Å². The number of fused-ring (bicyclic) bond motifs is 3. The summed E-state index contributed by atoms with van der Waals surface area (Å²) in [5.74, 6) is -0.382. The second-order valence-corrected chi connectivity index (χ2v) is 4.50. The fraction of sp³-hybridized carbons (Fsp3) is 0.133. The second-order valence-electron chi connectivity index (χ2n) is 4.50. The minimum Gasteiger partial charge on any atom is -0.289 e. The van der Waals surface area contributed by atoms with Crippen LogP contribution in [-0.4, -0.2) is 11.1 Å². The van der Waals surface area contributed by atoms with Crippen molar-refractivity contribution in [2.75, 3.05) is 0 Å². The van der Waals surface area contributed by atoms with Crippen molar-refractivity contribution in [2.24, 2.45) is 0 Å². The van der Waals surface area contributed by atoms with Crippen LogP contribution in [-0.2, 0) is 17.6 Å². The lowest BCUT2D eigenvalue weighted by Gasteiger charge is -2.08. The van der Waals surface area contributed by atoms with E-state index in [2.05, 4.69) is 18.2 Å². The van der Waals surface area contributed by atoms with Gasteiger partial charge in [-0.1, -0.05) is 42.5 Å². The maximum Gasteiger partial charge on any atom is 0.247 e. The molecule has 0 spiro atoms. The number of benzene rings is 2. The van der Waals surface area contributed by atoms with Crippen LogP contribution in [0, 0.1) is 0 Å². The van der Waals surface area contributed by atoms with Crippen LogP contribution in [0.25, 0.3) is 11.1 Å². The summed E-state index contributed by atoms with van der Waals surface area (Å²) >= 11 is 0. The maximum absolute atomic E-state index is 11.3. The van der Waals surface area contributed by atoms with Crippen LogP contribution >= 0.6 is 0 Å². The fourth-order valence-electron chi connectivity index (χ4n) is 2.63. The predicted molar refractivity (Wildman–Crippen MR) is 68.3 cm³/mol. The van der Waals surface area contributed by atoms with E-state index in [1.807, 2.05) is 24.3 Å². The number of carbonyl (C=O) groups is 1. The van der Waals surface area contributed by atoms with Crippen LogP contribution in [0.15, 0.2) is 42.5 Å². The van der Waals surface area contributed by atoms with Crippen molar-refractivity contribution in [1.29, 1.82) is 0 Å². The largest absolute Gasteiger partial charge is 0.289 e. The molecule has 0 aromatic heterocycles. The first-order valence-electron chi connectivity index (χ1n) is 5.91. The Kier molecular flexibility index (Phi) is 2.61. The zero-order valence-electron chi connectivity index (χ0n) is 9.81. The number of carbonyl (C=O) groups excluding carboxylic acids is 1. The molecule has 3 nitrogen and oxygen atoms in total. The molecule has 3 heteroatoms. The third-order valence-electron chi connectivity index (χ3n) is 3.38. The summed E-state index contributed by atoms with van der Waals surface area (Å²) in [6, 6.07) is 14.2. The molecule has 0 saturated carbocycles. The molecular weight excluding hydrogens is 226 g/mol. The molecule has 2 aromatic carbocycles. The van der Waals surface area contributed by atoms with Gasteiger partial charge >= 0.3 is 0 Å². The molecule has 3 rings (SSSR count). The van der Waals surface area contributed by atoms with Gasteiger partial charge < -0.3 is 0 Å². The zero-order valence-corrected chi connectivity index (χ0v) is 9.81. The van der Waals surface area contributed by atoms with E-state index in [1.54, 1.807) is 5.48 Å². The van der Waals surface area contributed by atoms with E-state index < -0.39 is 0 Å². The number of hydrogen-bond donors (Lipinski definition) is 2. The average molecular weight is 239 g/mol. The summed E-state index contributed by atoms with van der Waals surface area (Å²) in [5.41, 5.74) is 7.55. The Labute approximate surface area is 105 Å². The molecule has 90 valence electrons. The first-order valence-corrected chi connectivity index (χ1v) is 5.91. The van der Waals surface area contributed by atoms with Gasteiger partial charge in [0.1, 0.15) is 0 Å². The molecule has 0 unspecified atom stereocenters. The molecule has 1 aliphatic carbocycles. The molecule has 2 N–H and O–H groups in total. The fourth-order valence-corrected chi connectivity index (χ4v) is 2.63. The van der Waals surface area contributed by atoms with E-state index >= 15 is 0 Å². The Morgan fingerprint density at radius 3 is 2.72 bits per heavy atom. The van der Waals surface area contributed by atoms with Crippen molar-refractivity contribution >= 4 is 5.91 Å². The molecule has 0 bridgehead atoms. The van der Waals surface area contributed by atoms with Crippen LogP contribution in [0.2, 0.25) is 0 Å². The van der Waals surface area contributed by atoms with Crippen molar-refractivity contribution in [1.82, 2.24) is 5.48 Å². The highest BCUT2D eigenvalue weighted by Crippen LogP contribution is 2.38. The van der Waals surface area contributed by atoms with Gasteiger partial charge in [0.2, 0.25) is 5.91 Å². The normalized spacial score (nSPS) is 11.8. The minimum absolute atomic E-state index is 0.202. The molecule has 0 atom stereocenters. The standard InChI is InChI=1S/C15H13NO2/c17-14(16-18)9-12-6-3-5-11-8-10-4-1-2-7-13(10)15(11)12/h1-7,18H,8-9H2,(H,16,17). The van der Waals surface area contributed by atoms with Crippen molar-refractivity contribution in [3.05, 3.63) is 59.2 Å². The average Bonchev–Trinajstić information content (AvgIpc) is 2.78. The van der Waals surface area contributed by atoms with Gasteiger partial charge in [0.25, 0.3) is 0 Å². The number of hydrogen-bond acceptors (Lipinski definition) is 2. The maximum atomic E-state index is 11.3. The second kappa shape index (κ2) is 4.27. The minimum atomic E-state index is -0.382. The number of amides is 1. The summed E-state index contributed by atoms with van der Waals surface area (Å²) in [6.07, 6.45) is 1.12. The predicted octanol–water partition coefficient (Wildman–Crippen LogP) is 2.31. The number of hydroxylamine groups is 1. The van der Waals surface area contributed by atoms with E-state index in [9.17, 15) is 4.79 Å². The summed E-state index contributed by atoms with van der Waals surface area (Å²) < 4.78 is 0. The summed E-state index contributed by atoms with van der Waals surface area (Å²) in [6.45, 7) is 0. The van der Waals surface area contributed by atoms with E-state index in [1.165, 1.54) is 16.7 Å². The van der Waals surface area contributed by atoms with Crippen LogP contribution in [0.5, 0.6) is 0 Å². The monoisotopic (exact) mass is 239 g/mol. The van der Waals surface area contributed by atoms with Crippen LogP contribution in [0.4, 0.5) is 0 Å². The highest BCUT2D eigenvalue weighted by molar-refractivity contribution is 5.85. The molecule has 0 radical (unpaired) electrons. The van der Waals surface area contributed by atoms with Crippen molar-refractivity contribution in [3.63, 3.8) is 0 Å². The van der Waals surface area contributed by atoms with Crippen molar-refractivity contribution in [2.45, 2.75) is 12.8 Å². The molecule has 1 aliphatic rings. The SMILES string of the molecule is O=C(Cc1cccc2c1-c1ccccc1C2)NO. The smallest absolute Gasteiger partial charge is 0.247 e. The van der Waals surface area contributed by atoms with Gasteiger partial charge in [-0.15, -0.1) is 0 Å². The molecule has 18 heavy (non-hydrogen) atoms. The van der Waals surface area contributed by atoms with Gasteiger partial charge in [-0.25, -0.2) is 5.48 Å². The Morgan fingerprint density at radius 2 is 1.89 bits per heavy atom. The third kappa shape index (κ3) is 1.69. The van der Waals surface area contributed by atoms with Gasteiger partial charge in [0, 0.05) is 0 Å². The molecular formula is C15H13NO2. The Morgan fingerprint density at radius 1 is 1.11 bits per heavy atom. The van der Waals surface area contributed by atoms with Gasteiger partial charge in [0.15, 0.2) is 0 Å². The first-order chi connectivity index (χ1) is 8.79. The Bertz CT molecular complexity index is 620. The van der Waals surface area contributed by atoms with Gasteiger partial charge in [-0.2, -0.15) is 0 Å². The number of nitrogens with one attached hydrogen (secondary N) is 1. The van der Waals surface area contributed by atoms with Gasteiger partial charge in [-0.05, 0) is 34.2 Å². The topological polar surface area (TPSA) is 49.3 Å². The van der Waals surface area contributed by atoms with E-state index in [4.69, 9.17) is 5.21 Å². The Hall–Kier alpha value is -2.13. The van der Waals surface area contributed by atoms with Crippen LogP contribution < -0.4 is 5.48 Å². The highest BCUT2D eigenvalue weighted by atomic mass is 16.5. The zero-order chi connectivity index (χ0) is 12.5. The van der Waals surface area contributed by atoms with E-state index in [-0.39, 0.29) is 12.3 Å². The lowest BCUT2D eigenvalue weighted by molar-refractivity contribution is -0.128. The number of rotatable bonds is 2. The molecule has 0 heterocycles. The van der Waals surface area contributed by atoms with Gasteiger partial charge in [-0.3, -0.25) is 10.0 Å². The van der Waals surface area contributed by atoms with Crippen LogP contribution in [0.1, 0.15) is 16.7 Å². The molecule has 0 saturated heterocycles. The molecule has 2 aromatic rings. The third-order valence-corrected chi connectivity index (χ3v) is 3.38. The Balaban J connectivity index is 2.11. The molecule has 0 aliphatic heterocycles. The lowest BCUT2D eigenvalue weighted by Crippen LogP contribution is -2.21. The quantitative estimate of drug-likeness (QED) is 0.532. The van der Waals surface area contributed by atoms with Gasteiger partial charge in [0.05, 0.1) is 6.42 Å². The first kappa shape index (κ1) is 11.0. The summed E-state index contributed by atoms with van der Waals surface area (Å²) in [7, 11) is 0. The highest BCUT2D eigenvalue weighted by Gasteiger charge is 2.21. The van der Waals surface area contributed by atoms with E-state index in [0.29, 0.717) is 0 Å². The van der Waals surface area contributed by atoms with Crippen molar-refractivity contribution in [3.8, 4) is 11.1 Å². The summed E-state index contributed by atoms with van der Waals surface area (Å²) in [4.78, 5) is 11.3. The molecule has 1 amide bonds. The lowest BCUT2D eigenvalue weighted by atomic mass is 9.97. The van der Waals surface area contributed by atoms with Crippen LogP contribution in [0.3, 0.4) is 0 Å². The molecule has 0 fully saturated rings.